The van der Waals surface area contributed by atoms with E-state index >= 15 is 0 Å². The third-order valence-electron chi connectivity index (χ3n) is 1.000. The summed E-state index contributed by atoms with van der Waals surface area (Å²) >= 11 is 12.5. The minimum atomic E-state index is 0.782. The Morgan fingerprint density at radius 2 is 1.56 bits per heavy atom. The van der Waals surface area contributed by atoms with Gasteiger partial charge < -0.3 is 0 Å². The van der Waals surface area contributed by atoms with Gasteiger partial charge in [0.2, 0.25) is 0 Å². The van der Waals surface area contributed by atoms with E-state index < -0.39 is 0 Å². The molecule has 0 aliphatic rings. The summed E-state index contributed by atoms with van der Waals surface area (Å²) < 4.78 is 1.08. The van der Waals surface area contributed by atoms with Crippen LogP contribution in [0.4, 0.5) is 0 Å². The van der Waals surface area contributed by atoms with Gasteiger partial charge in [-0.2, -0.15) is 0 Å². The summed E-state index contributed by atoms with van der Waals surface area (Å²) in [6.07, 6.45) is 0. The van der Waals surface area contributed by atoms with Gasteiger partial charge in [-0.1, -0.05) is 0 Å². The van der Waals surface area contributed by atoms with E-state index in [4.69, 9.17) is 23.2 Å². The van der Waals surface area contributed by atoms with E-state index in [0.29, 0.717) is 0 Å². The van der Waals surface area contributed by atoms with Crippen molar-refractivity contribution >= 4 is 49.3 Å². The molecule has 1 rings (SSSR count). The van der Waals surface area contributed by atoms with Crippen LogP contribution < -0.4 is 3.58 Å². The second-order valence-corrected chi connectivity index (χ2v) is 4.10. The molecule has 3 heteroatoms. The molecule has 9 heavy (non-hydrogen) atoms. The normalized spacial score (nSPS) is 9.67. The average molecular weight is 266 g/mol. The van der Waals surface area contributed by atoms with Gasteiger partial charge in [0.05, 0.1) is 0 Å². The number of halogens is 2. The number of benzene rings is 1. The molecule has 0 bridgehead atoms. The van der Waals surface area contributed by atoms with Crippen LogP contribution in [0.2, 0.25) is 10.0 Å². The number of rotatable bonds is 0. The Bertz CT molecular complexity index is 202. The Morgan fingerprint density at radius 3 is 1.89 bits per heavy atom. The molecule has 1 aromatic carbocycles. The quantitative estimate of drug-likeness (QED) is 0.624. The van der Waals surface area contributed by atoms with Crippen LogP contribution in [-0.2, 0) is 0 Å². The number of hydrogen-bond acceptors (Lipinski definition) is 0. The molecule has 0 unspecified atom stereocenters. The SMILES string of the molecule is Clc1cccc(Cl)[c]1[SnH]. The Morgan fingerprint density at radius 1 is 1.11 bits per heavy atom. The zero-order valence-electron chi connectivity index (χ0n) is 4.57. The molecule has 0 saturated carbocycles. The second kappa shape index (κ2) is 3.13. The summed E-state index contributed by atoms with van der Waals surface area (Å²) in [5, 5.41) is 1.56. The van der Waals surface area contributed by atoms with Crippen LogP contribution in [0.5, 0.6) is 0 Å². The fraction of sp³-hybridized carbons (Fsp3) is 0. The van der Waals surface area contributed by atoms with Gasteiger partial charge in [-0.3, -0.25) is 0 Å². The Hall–Kier alpha value is 0.599. The van der Waals surface area contributed by atoms with Gasteiger partial charge in [0, 0.05) is 0 Å². The zero-order chi connectivity index (χ0) is 6.85. The van der Waals surface area contributed by atoms with Crippen molar-refractivity contribution in [2.24, 2.45) is 0 Å². The van der Waals surface area contributed by atoms with Crippen molar-refractivity contribution in [3.8, 4) is 0 Å². The third kappa shape index (κ3) is 1.76. The van der Waals surface area contributed by atoms with Crippen LogP contribution in [0.15, 0.2) is 18.2 Å². The molecule has 0 atom stereocenters. The fourth-order valence-electron chi connectivity index (χ4n) is 0.511. The summed E-state index contributed by atoms with van der Waals surface area (Å²) in [6, 6.07) is 5.56. The maximum absolute atomic E-state index is 5.76. The topological polar surface area (TPSA) is 0 Å². The predicted molar refractivity (Wildman–Crippen MR) is 43.2 cm³/mol. The van der Waals surface area contributed by atoms with E-state index in [1.165, 1.54) is 0 Å². The van der Waals surface area contributed by atoms with E-state index in [1.54, 1.807) is 0 Å². The molecule has 1 aromatic rings. The molecular formula is C6H4Cl2Sn. The zero-order valence-corrected chi connectivity index (χ0v) is 9.37. The first-order valence-corrected chi connectivity index (χ1v) is 4.81. The molecule has 2 radical (unpaired) electrons. The molecule has 0 saturated heterocycles. The molecule has 0 aliphatic heterocycles. The van der Waals surface area contributed by atoms with Crippen molar-refractivity contribution < 1.29 is 0 Å². The standard InChI is InChI=1S/C6H3Cl2.Sn.H/c7-5-2-1-3-6(8)4-5;;/h1-3H;;. The van der Waals surface area contributed by atoms with Gasteiger partial charge in [0.1, 0.15) is 0 Å². The monoisotopic (exact) mass is 266 g/mol. The summed E-state index contributed by atoms with van der Waals surface area (Å²) in [6.45, 7) is 0. The van der Waals surface area contributed by atoms with Gasteiger partial charge in [-0.15, -0.1) is 0 Å². The molecule has 46 valence electrons. The van der Waals surface area contributed by atoms with E-state index in [2.05, 4.69) is 0 Å². The molecule has 0 spiro atoms. The Labute approximate surface area is 77.2 Å². The number of hydrogen-bond donors (Lipinski definition) is 0. The van der Waals surface area contributed by atoms with Crippen molar-refractivity contribution in [1.29, 1.82) is 0 Å². The fourth-order valence-corrected chi connectivity index (χ4v) is 1.46. The molecule has 0 nitrogen and oxygen atoms in total. The van der Waals surface area contributed by atoms with Crippen LogP contribution in [0.25, 0.3) is 0 Å². The Kier molecular flexibility index (Phi) is 2.68. The van der Waals surface area contributed by atoms with Crippen molar-refractivity contribution in [3.05, 3.63) is 28.2 Å². The summed E-state index contributed by atoms with van der Waals surface area (Å²) in [7, 11) is 0. The second-order valence-electron chi connectivity index (χ2n) is 1.64. The molecule has 0 fully saturated rings. The first-order valence-electron chi connectivity index (χ1n) is 2.41. The molecule has 0 aromatic heterocycles. The van der Waals surface area contributed by atoms with E-state index in [1.807, 2.05) is 18.2 Å². The van der Waals surface area contributed by atoms with Crippen LogP contribution in [0.3, 0.4) is 0 Å². The van der Waals surface area contributed by atoms with Gasteiger partial charge in [-0.05, 0) is 0 Å². The van der Waals surface area contributed by atoms with Gasteiger partial charge in [0.15, 0.2) is 0 Å². The van der Waals surface area contributed by atoms with Crippen LogP contribution in [-0.4, -0.2) is 22.5 Å². The van der Waals surface area contributed by atoms with E-state index in [0.717, 1.165) is 36.1 Å². The van der Waals surface area contributed by atoms with Crippen LogP contribution >= 0.6 is 23.2 Å². The minimum absolute atomic E-state index is 0.782. The van der Waals surface area contributed by atoms with Crippen LogP contribution in [0.1, 0.15) is 0 Å². The molecule has 0 N–H and O–H groups in total. The summed E-state index contributed by atoms with van der Waals surface area (Å²) in [5.41, 5.74) is 0. The summed E-state index contributed by atoms with van der Waals surface area (Å²) in [4.78, 5) is 0. The average Bonchev–Trinajstić information content (AvgIpc) is 1.83. The maximum atomic E-state index is 5.76. The predicted octanol–water partition coefficient (Wildman–Crippen LogP) is 1.52. The Balaban J connectivity index is 3.25. The summed E-state index contributed by atoms with van der Waals surface area (Å²) in [5.74, 6) is 0. The molecular weight excluding hydrogens is 262 g/mol. The first-order chi connectivity index (χ1) is 4.22. The van der Waals surface area contributed by atoms with E-state index in [-0.39, 0.29) is 0 Å². The molecule has 0 aliphatic carbocycles. The van der Waals surface area contributed by atoms with E-state index in [9.17, 15) is 0 Å². The molecule has 0 amide bonds. The van der Waals surface area contributed by atoms with Crippen molar-refractivity contribution in [1.82, 2.24) is 0 Å². The van der Waals surface area contributed by atoms with Crippen molar-refractivity contribution in [3.63, 3.8) is 0 Å². The van der Waals surface area contributed by atoms with Crippen LogP contribution in [0, 0.1) is 0 Å². The van der Waals surface area contributed by atoms with Crippen molar-refractivity contribution in [2.45, 2.75) is 0 Å². The third-order valence-corrected chi connectivity index (χ3v) is 4.48. The van der Waals surface area contributed by atoms with Gasteiger partial charge in [0.25, 0.3) is 0 Å². The molecule has 0 heterocycles. The van der Waals surface area contributed by atoms with Gasteiger partial charge in [-0.25, -0.2) is 0 Å². The van der Waals surface area contributed by atoms with Gasteiger partial charge >= 0.3 is 77.6 Å². The first kappa shape index (κ1) is 7.70. The van der Waals surface area contributed by atoms with Crippen molar-refractivity contribution in [2.75, 3.05) is 0 Å².